The fourth-order valence-electron chi connectivity index (χ4n) is 2.90. The van der Waals surface area contributed by atoms with Crippen LogP contribution < -0.4 is 0 Å². The van der Waals surface area contributed by atoms with Crippen molar-refractivity contribution < 1.29 is 5.11 Å². The summed E-state index contributed by atoms with van der Waals surface area (Å²) in [5, 5.41) is 10.4. The Bertz CT molecular complexity index is 586. The van der Waals surface area contributed by atoms with Gasteiger partial charge in [-0.1, -0.05) is 6.07 Å². The minimum Gasteiger partial charge on any atom is -0.396 e. The number of hydrogen-bond donors (Lipinski definition) is 1. The molecule has 0 aliphatic carbocycles. The average Bonchev–Trinajstić information content (AvgIpc) is 2.57. The predicted molar refractivity (Wildman–Crippen MR) is 73.5 cm³/mol. The summed E-state index contributed by atoms with van der Waals surface area (Å²) in [6.45, 7) is 3.52. The monoisotopic (exact) mass is 293 g/mol. The number of hydrogen-bond acceptors (Lipinski definition) is 1. The molecule has 1 aliphatic heterocycles. The van der Waals surface area contributed by atoms with Crippen LogP contribution in [0.1, 0.15) is 23.2 Å². The van der Waals surface area contributed by atoms with Crippen molar-refractivity contribution in [1.29, 1.82) is 0 Å². The van der Waals surface area contributed by atoms with E-state index in [0.29, 0.717) is 0 Å². The first kappa shape index (κ1) is 11.3. The molecule has 2 heterocycles. The molecule has 17 heavy (non-hydrogen) atoms. The Labute approximate surface area is 109 Å². The SMILES string of the molecule is Cc1c(Br)c2cc(CCO)cc3c2n1CCC3. The third kappa shape index (κ3) is 1.64. The molecule has 3 rings (SSSR count). The Balaban J connectivity index is 2.33. The van der Waals surface area contributed by atoms with E-state index in [1.54, 1.807) is 0 Å². The molecule has 0 saturated carbocycles. The first-order valence-corrected chi connectivity index (χ1v) is 6.92. The number of rotatable bonds is 2. The van der Waals surface area contributed by atoms with Crippen LogP contribution in [-0.4, -0.2) is 16.3 Å². The van der Waals surface area contributed by atoms with Gasteiger partial charge in [0.1, 0.15) is 0 Å². The highest BCUT2D eigenvalue weighted by atomic mass is 79.9. The molecule has 90 valence electrons. The van der Waals surface area contributed by atoms with Gasteiger partial charge in [-0.05, 0) is 59.3 Å². The lowest BCUT2D eigenvalue weighted by Crippen LogP contribution is -2.09. The summed E-state index contributed by atoms with van der Waals surface area (Å²) in [5.74, 6) is 0. The largest absolute Gasteiger partial charge is 0.396 e. The van der Waals surface area contributed by atoms with E-state index in [2.05, 4.69) is 39.6 Å². The molecule has 0 radical (unpaired) electrons. The van der Waals surface area contributed by atoms with Crippen LogP contribution in [0.4, 0.5) is 0 Å². The van der Waals surface area contributed by atoms with E-state index in [-0.39, 0.29) is 6.61 Å². The fourth-order valence-corrected chi connectivity index (χ4v) is 3.42. The minimum atomic E-state index is 0.224. The van der Waals surface area contributed by atoms with Gasteiger partial charge < -0.3 is 9.67 Å². The molecule has 1 aromatic heterocycles. The van der Waals surface area contributed by atoms with E-state index in [9.17, 15) is 0 Å². The van der Waals surface area contributed by atoms with E-state index in [0.717, 1.165) is 19.4 Å². The quantitative estimate of drug-likeness (QED) is 0.904. The molecule has 0 fully saturated rings. The Morgan fingerprint density at radius 2 is 2.24 bits per heavy atom. The molecular weight excluding hydrogens is 278 g/mol. The zero-order valence-electron chi connectivity index (χ0n) is 9.96. The number of benzene rings is 1. The van der Waals surface area contributed by atoms with Gasteiger partial charge in [-0.3, -0.25) is 0 Å². The summed E-state index contributed by atoms with van der Waals surface area (Å²) >= 11 is 3.71. The zero-order chi connectivity index (χ0) is 12.0. The summed E-state index contributed by atoms with van der Waals surface area (Å²) in [7, 11) is 0. The number of nitrogens with zero attached hydrogens (tertiary/aromatic N) is 1. The van der Waals surface area contributed by atoms with E-state index in [1.807, 2.05) is 0 Å². The van der Waals surface area contributed by atoms with E-state index < -0.39 is 0 Å². The van der Waals surface area contributed by atoms with Crippen LogP contribution in [0.2, 0.25) is 0 Å². The fraction of sp³-hybridized carbons (Fsp3) is 0.429. The summed E-state index contributed by atoms with van der Waals surface area (Å²) in [6, 6.07) is 4.48. The van der Waals surface area contributed by atoms with Gasteiger partial charge in [0.25, 0.3) is 0 Å². The molecule has 0 unspecified atom stereocenters. The van der Waals surface area contributed by atoms with Gasteiger partial charge in [0.15, 0.2) is 0 Å². The van der Waals surface area contributed by atoms with E-state index in [4.69, 9.17) is 5.11 Å². The molecule has 2 aromatic rings. The smallest absolute Gasteiger partial charge is 0.0526 e. The Hall–Kier alpha value is -0.800. The Morgan fingerprint density at radius 1 is 1.41 bits per heavy atom. The lowest BCUT2D eigenvalue weighted by Gasteiger charge is -2.17. The molecule has 1 aliphatic rings. The lowest BCUT2D eigenvalue weighted by atomic mass is 9.99. The van der Waals surface area contributed by atoms with Crippen LogP contribution in [0, 0.1) is 6.92 Å². The van der Waals surface area contributed by atoms with Crippen LogP contribution in [0.15, 0.2) is 16.6 Å². The molecule has 3 heteroatoms. The van der Waals surface area contributed by atoms with E-state index >= 15 is 0 Å². The molecular formula is C14H16BrNO. The van der Waals surface area contributed by atoms with E-state index in [1.165, 1.54) is 38.6 Å². The number of aliphatic hydroxyl groups excluding tert-OH is 1. The second-order valence-corrected chi connectivity index (χ2v) is 5.57. The molecule has 1 aromatic carbocycles. The second kappa shape index (κ2) is 4.14. The maximum atomic E-state index is 9.08. The molecule has 0 saturated heterocycles. The lowest BCUT2D eigenvalue weighted by molar-refractivity contribution is 0.299. The standard InChI is InChI=1S/C14H16BrNO/c1-9-13(15)12-8-10(4-6-17)7-11-3-2-5-16(9)14(11)12/h7-8,17H,2-6H2,1H3. The maximum absolute atomic E-state index is 9.08. The first-order chi connectivity index (χ1) is 8.22. The number of aliphatic hydroxyl groups is 1. The molecule has 1 N–H and O–H groups in total. The zero-order valence-corrected chi connectivity index (χ0v) is 11.5. The van der Waals surface area contributed by atoms with Crippen molar-refractivity contribution in [2.24, 2.45) is 0 Å². The Morgan fingerprint density at radius 3 is 3.00 bits per heavy atom. The summed E-state index contributed by atoms with van der Waals surface area (Å²) in [4.78, 5) is 0. The van der Waals surface area contributed by atoms with Crippen molar-refractivity contribution in [2.75, 3.05) is 6.61 Å². The number of aryl methyl sites for hydroxylation is 2. The summed E-state index contributed by atoms with van der Waals surface area (Å²) < 4.78 is 3.64. The van der Waals surface area contributed by atoms with Gasteiger partial charge in [-0.15, -0.1) is 0 Å². The van der Waals surface area contributed by atoms with Crippen molar-refractivity contribution in [3.05, 3.63) is 33.4 Å². The highest BCUT2D eigenvalue weighted by Crippen LogP contribution is 2.36. The van der Waals surface area contributed by atoms with Gasteiger partial charge in [0.05, 0.1) is 5.52 Å². The van der Waals surface area contributed by atoms with Gasteiger partial charge in [-0.2, -0.15) is 0 Å². The van der Waals surface area contributed by atoms with Crippen molar-refractivity contribution in [3.63, 3.8) is 0 Å². The predicted octanol–water partition coefficient (Wildman–Crippen LogP) is 3.19. The molecule has 2 nitrogen and oxygen atoms in total. The van der Waals surface area contributed by atoms with Crippen LogP contribution in [0.5, 0.6) is 0 Å². The minimum absolute atomic E-state index is 0.224. The third-order valence-corrected chi connectivity index (χ3v) is 4.71. The number of aromatic nitrogens is 1. The third-order valence-electron chi connectivity index (χ3n) is 3.71. The molecule has 0 bridgehead atoms. The van der Waals surface area contributed by atoms with Crippen LogP contribution in [0.3, 0.4) is 0 Å². The first-order valence-electron chi connectivity index (χ1n) is 6.13. The van der Waals surface area contributed by atoms with Crippen molar-refractivity contribution >= 4 is 26.8 Å². The molecule has 0 amide bonds. The van der Waals surface area contributed by atoms with Crippen molar-refractivity contribution in [1.82, 2.24) is 4.57 Å². The van der Waals surface area contributed by atoms with Gasteiger partial charge >= 0.3 is 0 Å². The molecule has 0 spiro atoms. The highest BCUT2D eigenvalue weighted by Gasteiger charge is 2.19. The molecule has 0 atom stereocenters. The van der Waals surface area contributed by atoms with Crippen molar-refractivity contribution in [3.8, 4) is 0 Å². The van der Waals surface area contributed by atoms with Crippen LogP contribution in [0.25, 0.3) is 10.9 Å². The van der Waals surface area contributed by atoms with Gasteiger partial charge in [-0.25, -0.2) is 0 Å². The maximum Gasteiger partial charge on any atom is 0.0526 e. The Kier molecular flexibility index (Phi) is 2.75. The van der Waals surface area contributed by atoms with Gasteiger partial charge in [0, 0.05) is 28.7 Å². The number of halogens is 1. The average molecular weight is 294 g/mol. The topological polar surface area (TPSA) is 25.2 Å². The van der Waals surface area contributed by atoms with Crippen LogP contribution >= 0.6 is 15.9 Å². The normalized spacial score (nSPS) is 14.5. The van der Waals surface area contributed by atoms with Gasteiger partial charge in [0.2, 0.25) is 0 Å². The summed E-state index contributed by atoms with van der Waals surface area (Å²) in [6.07, 6.45) is 3.12. The van der Waals surface area contributed by atoms with Crippen LogP contribution in [-0.2, 0) is 19.4 Å². The second-order valence-electron chi connectivity index (χ2n) is 4.78. The summed E-state index contributed by atoms with van der Waals surface area (Å²) in [5.41, 5.74) is 5.39. The van der Waals surface area contributed by atoms with Crippen molar-refractivity contribution in [2.45, 2.75) is 32.7 Å². The highest BCUT2D eigenvalue weighted by molar-refractivity contribution is 9.10.